The van der Waals surface area contributed by atoms with Gasteiger partial charge in [-0.1, -0.05) is 6.92 Å². The van der Waals surface area contributed by atoms with Gasteiger partial charge in [-0.25, -0.2) is 0 Å². The first-order chi connectivity index (χ1) is 7.54. The number of halogens is 2. The lowest BCUT2D eigenvalue weighted by Gasteiger charge is -2.32. The van der Waals surface area contributed by atoms with Gasteiger partial charge >= 0.3 is 6.43 Å². The molecule has 92 valence electrons. The second-order valence-corrected chi connectivity index (χ2v) is 3.82. The van der Waals surface area contributed by atoms with Gasteiger partial charge in [0.15, 0.2) is 0 Å². The van der Waals surface area contributed by atoms with Crippen LogP contribution in [-0.2, 0) is 9.59 Å². The van der Waals surface area contributed by atoms with E-state index in [2.05, 4.69) is 5.32 Å². The Morgan fingerprint density at radius 3 is 2.38 bits per heavy atom. The summed E-state index contributed by atoms with van der Waals surface area (Å²) in [5.41, 5.74) is 0. The normalized spacial score (nSPS) is 17.6. The predicted molar refractivity (Wildman–Crippen MR) is 54.0 cm³/mol. The molecular weight excluding hydrogens is 218 g/mol. The maximum atomic E-state index is 12.1. The van der Waals surface area contributed by atoms with Crippen molar-refractivity contribution in [3.8, 4) is 0 Å². The van der Waals surface area contributed by atoms with Gasteiger partial charge in [0.1, 0.15) is 0 Å². The highest BCUT2D eigenvalue weighted by atomic mass is 19.3. The van der Waals surface area contributed by atoms with Crippen molar-refractivity contribution in [1.29, 1.82) is 0 Å². The van der Waals surface area contributed by atoms with E-state index in [1.54, 1.807) is 6.92 Å². The maximum absolute atomic E-state index is 12.1. The first kappa shape index (κ1) is 12.9. The van der Waals surface area contributed by atoms with Crippen LogP contribution in [0.25, 0.3) is 0 Å². The highest BCUT2D eigenvalue weighted by molar-refractivity contribution is 5.79. The molecule has 1 fully saturated rings. The van der Waals surface area contributed by atoms with Crippen molar-refractivity contribution in [3.63, 3.8) is 0 Å². The zero-order chi connectivity index (χ0) is 12.1. The fourth-order valence-corrected chi connectivity index (χ4v) is 1.71. The summed E-state index contributed by atoms with van der Waals surface area (Å²) in [5, 5.41) is 2.79. The van der Waals surface area contributed by atoms with Crippen LogP contribution in [0, 0.1) is 0 Å². The van der Waals surface area contributed by atoms with Gasteiger partial charge in [-0.3, -0.25) is 9.59 Å². The SMILES string of the molecule is CCC(=O)NC1CCN(C(=O)C(F)F)CC1. The summed E-state index contributed by atoms with van der Waals surface area (Å²) in [6, 6.07) is 0.00849. The van der Waals surface area contributed by atoms with Crippen LogP contribution < -0.4 is 5.32 Å². The number of likely N-dealkylation sites (tertiary alicyclic amines) is 1. The van der Waals surface area contributed by atoms with E-state index in [1.165, 1.54) is 0 Å². The average Bonchev–Trinajstić information content (AvgIpc) is 2.28. The molecule has 1 saturated heterocycles. The van der Waals surface area contributed by atoms with Gasteiger partial charge < -0.3 is 10.2 Å². The number of amides is 2. The summed E-state index contributed by atoms with van der Waals surface area (Å²) in [6.07, 6.45) is -1.42. The number of rotatable bonds is 3. The van der Waals surface area contributed by atoms with Crippen LogP contribution in [0.1, 0.15) is 26.2 Å². The van der Waals surface area contributed by atoms with Gasteiger partial charge in [0.05, 0.1) is 0 Å². The Labute approximate surface area is 93.0 Å². The Bertz CT molecular complexity index is 264. The van der Waals surface area contributed by atoms with Crippen molar-refractivity contribution in [2.75, 3.05) is 13.1 Å². The molecule has 2 amide bonds. The highest BCUT2D eigenvalue weighted by Crippen LogP contribution is 2.12. The van der Waals surface area contributed by atoms with Crippen LogP contribution in [0.2, 0.25) is 0 Å². The molecular formula is C10H16F2N2O2. The summed E-state index contributed by atoms with van der Waals surface area (Å²) in [5.74, 6) is -1.15. The van der Waals surface area contributed by atoms with Crippen molar-refractivity contribution in [3.05, 3.63) is 0 Å². The van der Waals surface area contributed by atoms with E-state index in [0.717, 1.165) is 4.90 Å². The summed E-state index contributed by atoms with van der Waals surface area (Å²) < 4.78 is 24.2. The summed E-state index contributed by atoms with van der Waals surface area (Å²) >= 11 is 0. The second kappa shape index (κ2) is 5.77. The molecule has 0 aromatic carbocycles. The van der Waals surface area contributed by atoms with Crippen molar-refractivity contribution >= 4 is 11.8 Å². The number of carbonyl (C=O) groups excluding carboxylic acids is 2. The van der Waals surface area contributed by atoms with Crippen LogP contribution in [0.3, 0.4) is 0 Å². The van der Waals surface area contributed by atoms with Crippen molar-refractivity contribution in [2.45, 2.75) is 38.7 Å². The van der Waals surface area contributed by atoms with Gasteiger partial charge in [0.25, 0.3) is 5.91 Å². The molecule has 0 spiro atoms. The number of nitrogens with one attached hydrogen (secondary N) is 1. The summed E-state index contributed by atoms with van der Waals surface area (Å²) in [6.45, 7) is 2.33. The Morgan fingerprint density at radius 2 is 1.94 bits per heavy atom. The van der Waals surface area contributed by atoms with E-state index in [4.69, 9.17) is 0 Å². The molecule has 0 aromatic heterocycles. The molecule has 0 aromatic rings. The number of piperidine rings is 1. The second-order valence-electron chi connectivity index (χ2n) is 3.82. The number of hydrogen-bond donors (Lipinski definition) is 1. The topological polar surface area (TPSA) is 49.4 Å². The summed E-state index contributed by atoms with van der Waals surface area (Å²) in [4.78, 5) is 23.2. The molecule has 6 heteroatoms. The predicted octanol–water partition coefficient (Wildman–Crippen LogP) is 0.769. The van der Waals surface area contributed by atoms with Gasteiger partial charge in [0, 0.05) is 25.6 Å². The quantitative estimate of drug-likeness (QED) is 0.784. The van der Waals surface area contributed by atoms with Crippen LogP contribution in [0.4, 0.5) is 8.78 Å². The lowest BCUT2D eigenvalue weighted by molar-refractivity contribution is -0.144. The maximum Gasteiger partial charge on any atom is 0.315 e. The van der Waals surface area contributed by atoms with Gasteiger partial charge in [0.2, 0.25) is 5.91 Å². The molecule has 0 radical (unpaired) electrons. The molecule has 0 aliphatic carbocycles. The molecule has 0 unspecified atom stereocenters. The minimum absolute atomic E-state index is 0.00849. The van der Waals surface area contributed by atoms with E-state index >= 15 is 0 Å². The lowest BCUT2D eigenvalue weighted by Crippen LogP contribution is -2.47. The first-order valence-electron chi connectivity index (χ1n) is 5.41. The first-order valence-corrected chi connectivity index (χ1v) is 5.41. The van der Waals surface area contributed by atoms with Gasteiger partial charge in [-0.15, -0.1) is 0 Å². The third-order valence-electron chi connectivity index (χ3n) is 2.68. The Balaban J connectivity index is 2.34. The van der Waals surface area contributed by atoms with E-state index in [-0.39, 0.29) is 25.0 Å². The number of carbonyl (C=O) groups is 2. The molecule has 0 atom stereocenters. The fraction of sp³-hybridized carbons (Fsp3) is 0.800. The Hall–Kier alpha value is -1.20. The minimum atomic E-state index is -2.93. The Kier molecular flexibility index (Phi) is 4.64. The smallest absolute Gasteiger partial charge is 0.315 e. The minimum Gasteiger partial charge on any atom is -0.353 e. The summed E-state index contributed by atoms with van der Waals surface area (Å²) in [7, 11) is 0. The van der Waals surface area contributed by atoms with Crippen molar-refractivity contribution < 1.29 is 18.4 Å². The molecule has 4 nitrogen and oxygen atoms in total. The zero-order valence-corrected chi connectivity index (χ0v) is 9.21. The number of alkyl halides is 2. The van der Waals surface area contributed by atoms with Crippen LogP contribution in [0.15, 0.2) is 0 Å². The molecule has 1 heterocycles. The lowest BCUT2D eigenvalue weighted by atomic mass is 10.0. The molecule has 1 aliphatic heterocycles. The van der Waals surface area contributed by atoms with E-state index in [0.29, 0.717) is 19.3 Å². The van der Waals surface area contributed by atoms with Crippen LogP contribution in [-0.4, -0.2) is 42.3 Å². The van der Waals surface area contributed by atoms with Crippen LogP contribution in [0.5, 0.6) is 0 Å². The molecule has 0 bridgehead atoms. The van der Waals surface area contributed by atoms with E-state index in [1.807, 2.05) is 0 Å². The number of nitrogens with zero attached hydrogens (tertiary/aromatic N) is 1. The van der Waals surface area contributed by atoms with Gasteiger partial charge in [-0.2, -0.15) is 8.78 Å². The standard InChI is InChI=1S/C10H16F2N2O2/c1-2-8(15)13-7-3-5-14(6-4-7)10(16)9(11)12/h7,9H,2-6H2,1H3,(H,13,15). The van der Waals surface area contributed by atoms with Crippen molar-refractivity contribution in [2.24, 2.45) is 0 Å². The molecule has 16 heavy (non-hydrogen) atoms. The van der Waals surface area contributed by atoms with Crippen molar-refractivity contribution in [1.82, 2.24) is 10.2 Å². The van der Waals surface area contributed by atoms with E-state index in [9.17, 15) is 18.4 Å². The molecule has 1 aliphatic rings. The monoisotopic (exact) mass is 234 g/mol. The third kappa shape index (κ3) is 3.43. The fourth-order valence-electron chi connectivity index (χ4n) is 1.71. The largest absolute Gasteiger partial charge is 0.353 e. The molecule has 1 N–H and O–H groups in total. The number of hydrogen-bond acceptors (Lipinski definition) is 2. The Morgan fingerprint density at radius 1 is 1.38 bits per heavy atom. The highest BCUT2D eigenvalue weighted by Gasteiger charge is 2.28. The van der Waals surface area contributed by atoms with Crippen LogP contribution >= 0.6 is 0 Å². The molecule has 0 saturated carbocycles. The molecule has 1 rings (SSSR count). The van der Waals surface area contributed by atoms with Gasteiger partial charge in [-0.05, 0) is 12.8 Å². The average molecular weight is 234 g/mol. The van der Waals surface area contributed by atoms with E-state index < -0.39 is 12.3 Å². The third-order valence-corrected chi connectivity index (χ3v) is 2.68. The zero-order valence-electron chi connectivity index (χ0n) is 9.21.